The average Bonchev–Trinajstić information content (AvgIpc) is 3.06. The highest BCUT2D eigenvalue weighted by atomic mass is 16.2. The molecule has 2 amide bonds. The standard InChI is InChI=1S/C18H24N4O2/c1-13(14-6-4-3-5-7-14)22-11-10-15(12-22)19-18(24)16-8-9-17(23)21(2)20-16/h3-7,13,15H,8-12H2,1-2H3,(H,19,24). The van der Waals surface area contributed by atoms with Crippen LogP contribution in [0.15, 0.2) is 35.4 Å². The minimum Gasteiger partial charge on any atom is -0.347 e. The minimum atomic E-state index is -0.145. The third-order valence-electron chi connectivity index (χ3n) is 4.85. The lowest BCUT2D eigenvalue weighted by Crippen LogP contribution is -2.43. The Hall–Kier alpha value is -2.21. The van der Waals surface area contributed by atoms with Gasteiger partial charge in [-0.1, -0.05) is 30.3 Å². The average molecular weight is 328 g/mol. The minimum absolute atomic E-state index is 0.0460. The molecule has 24 heavy (non-hydrogen) atoms. The van der Waals surface area contributed by atoms with Crippen molar-refractivity contribution >= 4 is 17.5 Å². The van der Waals surface area contributed by atoms with Crippen molar-refractivity contribution in [1.82, 2.24) is 15.2 Å². The largest absolute Gasteiger partial charge is 0.347 e. The van der Waals surface area contributed by atoms with E-state index in [2.05, 4.69) is 46.5 Å². The predicted octanol–water partition coefficient (Wildman–Crippen LogP) is 1.55. The normalized spacial score (nSPS) is 23.1. The molecule has 1 N–H and O–H groups in total. The van der Waals surface area contributed by atoms with E-state index < -0.39 is 0 Å². The van der Waals surface area contributed by atoms with Crippen LogP contribution in [0.2, 0.25) is 0 Å². The molecule has 0 aliphatic carbocycles. The van der Waals surface area contributed by atoms with Crippen molar-refractivity contribution in [2.75, 3.05) is 20.1 Å². The van der Waals surface area contributed by atoms with Gasteiger partial charge in [-0.15, -0.1) is 0 Å². The molecule has 0 spiro atoms. The van der Waals surface area contributed by atoms with E-state index in [4.69, 9.17) is 0 Å². The number of hydrogen-bond acceptors (Lipinski definition) is 4. The van der Waals surface area contributed by atoms with Gasteiger partial charge in [0.2, 0.25) is 5.91 Å². The summed E-state index contributed by atoms with van der Waals surface area (Å²) in [5.74, 6) is -0.191. The second kappa shape index (κ2) is 7.13. The van der Waals surface area contributed by atoms with E-state index in [9.17, 15) is 9.59 Å². The highest BCUT2D eigenvalue weighted by Gasteiger charge is 2.29. The number of carbonyl (C=O) groups excluding carboxylic acids is 2. The van der Waals surface area contributed by atoms with Crippen molar-refractivity contribution in [2.45, 2.75) is 38.3 Å². The number of amides is 2. The summed E-state index contributed by atoms with van der Waals surface area (Å²) in [5.41, 5.74) is 1.74. The molecular formula is C18H24N4O2. The Kier molecular flexibility index (Phi) is 4.94. The Morgan fingerprint density at radius 1 is 1.29 bits per heavy atom. The van der Waals surface area contributed by atoms with Crippen LogP contribution in [-0.4, -0.2) is 53.6 Å². The summed E-state index contributed by atoms with van der Waals surface area (Å²) in [6.07, 6.45) is 1.71. The second-order valence-corrected chi connectivity index (χ2v) is 6.50. The summed E-state index contributed by atoms with van der Waals surface area (Å²) >= 11 is 0. The topological polar surface area (TPSA) is 65.0 Å². The van der Waals surface area contributed by atoms with Crippen molar-refractivity contribution in [3.8, 4) is 0 Å². The molecule has 0 saturated carbocycles. The number of hydrogen-bond donors (Lipinski definition) is 1. The Morgan fingerprint density at radius 3 is 2.75 bits per heavy atom. The lowest BCUT2D eigenvalue weighted by molar-refractivity contribution is -0.130. The van der Waals surface area contributed by atoms with Crippen LogP contribution >= 0.6 is 0 Å². The van der Waals surface area contributed by atoms with Crippen molar-refractivity contribution in [3.63, 3.8) is 0 Å². The molecule has 2 heterocycles. The summed E-state index contributed by atoms with van der Waals surface area (Å²) in [4.78, 5) is 26.2. The molecule has 2 atom stereocenters. The molecule has 2 aliphatic heterocycles. The number of carbonyl (C=O) groups is 2. The van der Waals surface area contributed by atoms with Gasteiger partial charge in [-0.2, -0.15) is 5.10 Å². The van der Waals surface area contributed by atoms with Crippen LogP contribution in [0.1, 0.15) is 37.8 Å². The molecule has 128 valence electrons. The second-order valence-electron chi connectivity index (χ2n) is 6.50. The van der Waals surface area contributed by atoms with Crippen molar-refractivity contribution in [2.24, 2.45) is 5.10 Å². The zero-order valence-electron chi connectivity index (χ0n) is 14.2. The van der Waals surface area contributed by atoms with Gasteiger partial charge in [0.15, 0.2) is 0 Å². The van der Waals surface area contributed by atoms with E-state index in [1.165, 1.54) is 10.6 Å². The summed E-state index contributed by atoms with van der Waals surface area (Å²) in [6, 6.07) is 10.9. The number of likely N-dealkylation sites (tertiary alicyclic amines) is 1. The van der Waals surface area contributed by atoms with Crippen LogP contribution in [-0.2, 0) is 9.59 Å². The van der Waals surface area contributed by atoms with Crippen molar-refractivity contribution in [3.05, 3.63) is 35.9 Å². The first kappa shape index (κ1) is 16.6. The number of benzene rings is 1. The quantitative estimate of drug-likeness (QED) is 0.912. The maximum absolute atomic E-state index is 12.4. The van der Waals surface area contributed by atoms with Gasteiger partial charge in [0.05, 0.1) is 0 Å². The first-order valence-corrected chi connectivity index (χ1v) is 8.48. The van der Waals surface area contributed by atoms with E-state index in [-0.39, 0.29) is 17.9 Å². The van der Waals surface area contributed by atoms with Gasteiger partial charge in [-0.05, 0) is 18.9 Å². The molecule has 0 aromatic heterocycles. The van der Waals surface area contributed by atoms with Crippen molar-refractivity contribution < 1.29 is 9.59 Å². The van der Waals surface area contributed by atoms with Crippen LogP contribution in [0.5, 0.6) is 0 Å². The molecule has 1 saturated heterocycles. The molecular weight excluding hydrogens is 304 g/mol. The third-order valence-corrected chi connectivity index (χ3v) is 4.85. The van der Waals surface area contributed by atoms with E-state index in [1.54, 1.807) is 7.05 Å². The lowest BCUT2D eigenvalue weighted by atomic mass is 10.1. The van der Waals surface area contributed by atoms with Gasteiger partial charge in [0.1, 0.15) is 5.71 Å². The number of nitrogens with zero attached hydrogens (tertiary/aromatic N) is 3. The Morgan fingerprint density at radius 2 is 2.04 bits per heavy atom. The third kappa shape index (κ3) is 3.64. The lowest BCUT2D eigenvalue weighted by Gasteiger charge is -2.25. The number of rotatable bonds is 4. The molecule has 1 fully saturated rings. The smallest absolute Gasteiger partial charge is 0.267 e. The van der Waals surface area contributed by atoms with Crippen LogP contribution in [0.25, 0.3) is 0 Å². The summed E-state index contributed by atoms with van der Waals surface area (Å²) < 4.78 is 0. The van der Waals surface area contributed by atoms with E-state index in [1.807, 2.05) is 6.07 Å². The van der Waals surface area contributed by atoms with E-state index >= 15 is 0 Å². The number of hydrazone groups is 1. The maximum Gasteiger partial charge on any atom is 0.267 e. The highest BCUT2D eigenvalue weighted by molar-refractivity contribution is 6.39. The molecule has 1 aromatic carbocycles. The van der Waals surface area contributed by atoms with Crippen LogP contribution in [0, 0.1) is 0 Å². The zero-order valence-corrected chi connectivity index (χ0v) is 14.2. The van der Waals surface area contributed by atoms with Gasteiger partial charge in [-0.3, -0.25) is 14.5 Å². The summed E-state index contributed by atoms with van der Waals surface area (Å²) in [7, 11) is 1.59. The van der Waals surface area contributed by atoms with Gasteiger partial charge >= 0.3 is 0 Å². The molecule has 0 radical (unpaired) electrons. The Balaban J connectivity index is 1.56. The maximum atomic E-state index is 12.4. The van der Waals surface area contributed by atoms with Gasteiger partial charge in [-0.25, -0.2) is 5.01 Å². The Labute approximate surface area is 142 Å². The molecule has 6 nitrogen and oxygen atoms in total. The van der Waals surface area contributed by atoms with Gasteiger partial charge in [0, 0.05) is 45.1 Å². The molecule has 6 heteroatoms. The fourth-order valence-corrected chi connectivity index (χ4v) is 3.30. The molecule has 0 bridgehead atoms. The van der Waals surface area contributed by atoms with Crippen LogP contribution in [0.4, 0.5) is 0 Å². The molecule has 3 rings (SSSR count). The zero-order chi connectivity index (χ0) is 17.1. The monoisotopic (exact) mass is 328 g/mol. The first-order valence-electron chi connectivity index (χ1n) is 8.48. The highest BCUT2D eigenvalue weighted by Crippen LogP contribution is 2.24. The number of nitrogens with one attached hydrogen (secondary N) is 1. The van der Waals surface area contributed by atoms with E-state index in [0.29, 0.717) is 24.6 Å². The summed E-state index contributed by atoms with van der Waals surface area (Å²) in [5, 5.41) is 8.41. The van der Waals surface area contributed by atoms with Gasteiger partial charge < -0.3 is 5.32 Å². The fourth-order valence-electron chi connectivity index (χ4n) is 3.30. The van der Waals surface area contributed by atoms with E-state index in [0.717, 1.165) is 19.5 Å². The molecule has 2 aliphatic rings. The molecule has 2 unspecified atom stereocenters. The van der Waals surface area contributed by atoms with Crippen LogP contribution in [0.3, 0.4) is 0 Å². The van der Waals surface area contributed by atoms with Crippen LogP contribution < -0.4 is 5.32 Å². The Bertz CT molecular complexity index is 644. The fraction of sp³-hybridized carbons (Fsp3) is 0.500. The predicted molar refractivity (Wildman–Crippen MR) is 92.4 cm³/mol. The molecule has 1 aromatic rings. The SMILES string of the molecule is CC(c1ccccc1)N1CCC(NC(=O)C2=NN(C)C(=O)CC2)C1. The van der Waals surface area contributed by atoms with Crippen molar-refractivity contribution in [1.29, 1.82) is 0 Å². The van der Waals surface area contributed by atoms with Gasteiger partial charge in [0.25, 0.3) is 5.91 Å². The summed E-state index contributed by atoms with van der Waals surface area (Å²) in [6.45, 7) is 4.00. The first-order chi connectivity index (χ1) is 11.5.